The number of hydrogen-bond acceptors (Lipinski definition) is 3. The van der Waals surface area contributed by atoms with E-state index in [0.717, 1.165) is 45.5 Å². The van der Waals surface area contributed by atoms with Gasteiger partial charge < -0.3 is 14.7 Å². The summed E-state index contributed by atoms with van der Waals surface area (Å²) in [5.74, 6) is 0. The van der Waals surface area contributed by atoms with Gasteiger partial charge in [0.15, 0.2) is 0 Å². The molecule has 0 fully saturated rings. The van der Waals surface area contributed by atoms with Gasteiger partial charge in [-0.2, -0.15) is 0 Å². The first kappa shape index (κ1) is 40.4. The number of rotatable bonds is 4. The molecule has 3 heteroatoms. The fraction of sp³-hybridized carbons (Fsp3) is 0.276. The zero-order valence-corrected chi connectivity index (χ0v) is 38.3. The lowest BCUT2D eigenvalue weighted by Gasteiger charge is -2.47. The van der Waals surface area contributed by atoms with E-state index in [1.807, 2.05) is 0 Å². The Balaban J connectivity index is 1.28. The molecule has 61 heavy (non-hydrogen) atoms. The summed E-state index contributed by atoms with van der Waals surface area (Å²) >= 11 is 0. The smallest absolute Gasteiger partial charge is 0.0947 e. The fourth-order valence-corrected chi connectivity index (χ4v) is 8.98. The summed E-state index contributed by atoms with van der Waals surface area (Å²) in [6, 6.07) is 57.7. The Bertz CT molecular complexity index is 2560. The molecule has 308 valence electrons. The Hall–Kier alpha value is -6.06. The van der Waals surface area contributed by atoms with Crippen LogP contribution in [0.5, 0.6) is 0 Å². The van der Waals surface area contributed by atoms with Crippen molar-refractivity contribution in [3.05, 3.63) is 174 Å². The molecule has 9 rings (SSSR count). The van der Waals surface area contributed by atoms with E-state index in [1.165, 1.54) is 50.2 Å². The minimum absolute atomic E-state index is 0.0493. The highest BCUT2D eigenvalue weighted by atomic mass is 15.3. The summed E-state index contributed by atoms with van der Waals surface area (Å²) in [7, 11) is 0. The molecule has 0 aliphatic carbocycles. The second-order valence-electron chi connectivity index (χ2n) is 21.3. The van der Waals surface area contributed by atoms with Gasteiger partial charge in [-0.15, -0.1) is 0 Å². The number of nitrogens with zero attached hydrogens (tertiary/aromatic N) is 3. The van der Waals surface area contributed by atoms with Crippen LogP contribution in [-0.2, 0) is 21.7 Å². The Morgan fingerprint density at radius 1 is 0.262 bits per heavy atom. The molecule has 0 saturated carbocycles. The number of benzene rings is 7. The predicted octanol–water partition coefficient (Wildman–Crippen LogP) is 17.2. The Morgan fingerprint density at radius 2 is 0.557 bits per heavy atom. The normalized spacial score (nSPS) is 13.8. The highest BCUT2D eigenvalue weighted by Gasteiger charge is 2.39. The Morgan fingerprint density at radius 3 is 0.869 bits per heavy atom. The van der Waals surface area contributed by atoms with E-state index in [-0.39, 0.29) is 21.7 Å². The highest BCUT2D eigenvalue weighted by molar-refractivity contribution is 6.13. The maximum Gasteiger partial charge on any atom is 0.0947 e. The maximum absolute atomic E-state index is 2.52. The highest BCUT2D eigenvalue weighted by Crippen LogP contribution is 2.64. The van der Waals surface area contributed by atoms with Crippen LogP contribution in [0.4, 0.5) is 51.2 Å². The van der Waals surface area contributed by atoms with Crippen LogP contribution in [0.25, 0.3) is 22.3 Å². The van der Waals surface area contributed by atoms with Crippen LogP contribution in [-0.4, -0.2) is 0 Å². The molecular formula is C58H61N3. The van der Waals surface area contributed by atoms with Gasteiger partial charge in [0.05, 0.1) is 39.8 Å². The molecule has 0 saturated heterocycles. The SMILES string of the molecule is CC(C)(C)c1ccc(-c2ccc3c(c2)N(c2ccc(C(C)(C)C)cc2)c2cccc4c2N3c2ccc(-c3ccc(C(C)(C)C)cc3)cc2N4c2ccc(C(C)(C)C)cc2)cc1. The Labute approximate surface area is 365 Å². The van der Waals surface area contributed by atoms with Crippen molar-refractivity contribution in [2.45, 2.75) is 105 Å². The van der Waals surface area contributed by atoms with Gasteiger partial charge >= 0.3 is 0 Å². The second-order valence-corrected chi connectivity index (χ2v) is 21.3. The largest absolute Gasteiger partial charge is 0.306 e. The van der Waals surface area contributed by atoms with Crippen molar-refractivity contribution < 1.29 is 0 Å². The van der Waals surface area contributed by atoms with Crippen molar-refractivity contribution in [3.8, 4) is 22.3 Å². The van der Waals surface area contributed by atoms with E-state index in [1.54, 1.807) is 0 Å². The lowest BCUT2D eigenvalue weighted by atomic mass is 9.86. The molecule has 0 N–H and O–H groups in total. The van der Waals surface area contributed by atoms with Gasteiger partial charge in [-0.1, -0.05) is 174 Å². The quantitative estimate of drug-likeness (QED) is 0.176. The molecule has 0 bridgehead atoms. The summed E-state index contributed by atoms with van der Waals surface area (Å²) in [6.07, 6.45) is 0. The summed E-state index contributed by atoms with van der Waals surface area (Å²) in [4.78, 5) is 7.50. The average Bonchev–Trinajstić information content (AvgIpc) is 3.22. The fourth-order valence-electron chi connectivity index (χ4n) is 8.98. The van der Waals surface area contributed by atoms with E-state index >= 15 is 0 Å². The monoisotopic (exact) mass is 799 g/mol. The van der Waals surface area contributed by atoms with Crippen LogP contribution in [0.2, 0.25) is 0 Å². The molecule has 0 spiro atoms. The van der Waals surface area contributed by atoms with E-state index in [9.17, 15) is 0 Å². The van der Waals surface area contributed by atoms with Gasteiger partial charge in [0.1, 0.15) is 0 Å². The van der Waals surface area contributed by atoms with Crippen molar-refractivity contribution in [2.75, 3.05) is 14.7 Å². The standard InChI is InChI=1S/C58H61N3/c1-55(2,3)42-22-16-38(17-23-42)40-20-34-48-52(36-40)59(46-30-26-44(27-31-46)57(7,8)9)50-14-13-15-51-54(50)61(48)49-35-21-41(39-18-24-43(25-19-39)56(4,5)6)37-53(49)60(51)47-32-28-45(29-33-47)58(10,11)12/h13-37H,1-12H3. The molecule has 2 aliphatic heterocycles. The summed E-state index contributed by atoms with van der Waals surface area (Å²) in [5, 5.41) is 0. The van der Waals surface area contributed by atoms with Crippen molar-refractivity contribution >= 4 is 51.2 Å². The maximum atomic E-state index is 2.52. The number of anilines is 9. The molecule has 0 unspecified atom stereocenters. The predicted molar refractivity (Wildman–Crippen MR) is 263 cm³/mol. The number of fused-ring (bicyclic) bond motifs is 4. The molecule has 3 nitrogen and oxygen atoms in total. The topological polar surface area (TPSA) is 9.72 Å². The third-order valence-electron chi connectivity index (χ3n) is 12.8. The van der Waals surface area contributed by atoms with Crippen LogP contribution < -0.4 is 14.7 Å². The lowest BCUT2D eigenvalue weighted by Crippen LogP contribution is -2.30. The third kappa shape index (κ3) is 7.22. The second kappa shape index (κ2) is 14.3. The number of para-hydroxylation sites is 1. The van der Waals surface area contributed by atoms with Gasteiger partial charge in [0.2, 0.25) is 0 Å². The zero-order valence-electron chi connectivity index (χ0n) is 38.3. The minimum atomic E-state index is 0.0493. The minimum Gasteiger partial charge on any atom is -0.306 e. The average molecular weight is 800 g/mol. The molecule has 7 aromatic carbocycles. The molecule has 7 aromatic rings. The van der Waals surface area contributed by atoms with Gasteiger partial charge in [-0.3, -0.25) is 0 Å². The van der Waals surface area contributed by atoms with Crippen LogP contribution in [0.1, 0.15) is 105 Å². The van der Waals surface area contributed by atoms with Crippen molar-refractivity contribution in [3.63, 3.8) is 0 Å². The summed E-state index contributed by atoms with van der Waals surface area (Å²) in [5.41, 5.74) is 20.8. The van der Waals surface area contributed by atoms with Gasteiger partial charge in [0.25, 0.3) is 0 Å². The van der Waals surface area contributed by atoms with Crippen LogP contribution in [0.3, 0.4) is 0 Å². The first-order valence-corrected chi connectivity index (χ1v) is 22.0. The van der Waals surface area contributed by atoms with Gasteiger partial charge in [0, 0.05) is 11.4 Å². The van der Waals surface area contributed by atoms with Crippen LogP contribution in [0, 0.1) is 0 Å². The Kier molecular flexibility index (Phi) is 9.44. The van der Waals surface area contributed by atoms with E-state index in [4.69, 9.17) is 0 Å². The molecule has 0 amide bonds. The molecule has 0 aromatic heterocycles. The summed E-state index contributed by atoms with van der Waals surface area (Å²) in [6.45, 7) is 27.4. The first-order valence-electron chi connectivity index (χ1n) is 22.0. The van der Waals surface area contributed by atoms with Crippen molar-refractivity contribution in [2.24, 2.45) is 0 Å². The zero-order chi connectivity index (χ0) is 43.2. The van der Waals surface area contributed by atoms with Gasteiger partial charge in [-0.05, 0) is 127 Å². The van der Waals surface area contributed by atoms with E-state index in [2.05, 4.69) is 249 Å². The van der Waals surface area contributed by atoms with Crippen molar-refractivity contribution in [1.82, 2.24) is 0 Å². The third-order valence-corrected chi connectivity index (χ3v) is 12.8. The molecular weight excluding hydrogens is 739 g/mol. The van der Waals surface area contributed by atoms with E-state index < -0.39 is 0 Å². The molecule has 2 aliphatic rings. The van der Waals surface area contributed by atoms with E-state index in [0.29, 0.717) is 0 Å². The van der Waals surface area contributed by atoms with Gasteiger partial charge in [-0.25, -0.2) is 0 Å². The van der Waals surface area contributed by atoms with Crippen LogP contribution >= 0.6 is 0 Å². The molecule has 0 atom stereocenters. The van der Waals surface area contributed by atoms with Crippen molar-refractivity contribution in [1.29, 1.82) is 0 Å². The molecule has 0 radical (unpaired) electrons. The first-order chi connectivity index (χ1) is 28.8. The summed E-state index contributed by atoms with van der Waals surface area (Å²) < 4.78 is 0. The molecule has 2 heterocycles. The number of hydrogen-bond donors (Lipinski definition) is 0. The van der Waals surface area contributed by atoms with Crippen LogP contribution in [0.15, 0.2) is 152 Å². The lowest BCUT2D eigenvalue weighted by molar-refractivity contribution is 0.590.